The molecule has 0 aliphatic carbocycles. The average Bonchev–Trinajstić information content (AvgIpc) is 2.59. The van der Waals surface area contributed by atoms with E-state index in [2.05, 4.69) is 38.2 Å². The molecule has 0 unspecified atom stereocenters. The molecular formula is C21H27NO3. The van der Waals surface area contributed by atoms with Crippen LogP contribution in [0.15, 0.2) is 24.3 Å². The monoisotopic (exact) mass is 341 g/mol. The van der Waals surface area contributed by atoms with Gasteiger partial charge < -0.3 is 9.47 Å². The Bertz CT molecular complexity index is 781. The first-order valence-electron chi connectivity index (χ1n) is 8.54. The third-order valence-corrected chi connectivity index (χ3v) is 4.55. The molecule has 25 heavy (non-hydrogen) atoms. The summed E-state index contributed by atoms with van der Waals surface area (Å²) >= 11 is 0. The normalized spacial score (nSPS) is 10.5. The lowest BCUT2D eigenvalue weighted by molar-refractivity contribution is 0.187. The molecule has 0 saturated heterocycles. The van der Waals surface area contributed by atoms with Gasteiger partial charge in [0.15, 0.2) is 0 Å². The van der Waals surface area contributed by atoms with Crippen LogP contribution in [0.2, 0.25) is 0 Å². The Morgan fingerprint density at radius 3 is 2.32 bits per heavy atom. The van der Waals surface area contributed by atoms with Crippen molar-refractivity contribution in [1.29, 1.82) is 0 Å². The highest BCUT2D eigenvalue weighted by Gasteiger charge is 2.14. The Morgan fingerprint density at radius 2 is 1.68 bits per heavy atom. The molecule has 0 radical (unpaired) electrons. The minimum absolute atomic E-state index is 0.387. The van der Waals surface area contributed by atoms with Crippen LogP contribution >= 0.6 is 0 Å². The number of hydrogen-bond acceptors (Lipinski definition) is 3. The van der Waals surface area contributed by atoms with Crippen molar-refractivity contribution in [1.82, 2.24) is 0 Å². The summed E-state index contributed by atoms with van der Waals surface area (Å²) in [6, 6.07) is 8.29. The van der Waals surface area contributed by atoms with Crippen LogP contribution in [0.3, 0.4) is 0 Å². The smallest absolute Gasteiger partial charge is 0.411 e. The van der Waals surface area contributed by atoms with Gasteiger partial charge in [0.2, 0.25) is 0 Å². The van der Waals surface area contributed by atoms with Crippen molar-refractivity contribution in [3.63, 3.8) is 0 Å². The molecule has 0 saturated carbocycles. The Labute approximate surface area is 150 Å². The zero-order valence-electron chi connectivity index (χ0n) is 15.9. The summed E-state index contributed by atoms with van der Waals surface area (Å²) in [6.07, 6.45) is 0.534. The van der Waals surface area contributed by atoms with Crippen LogP contribution in [0, 0.1) is 27.7 Å². The highest BCUT2D eigenvalue weighted by Crippen LogP contribution is 2.28. The standard InChI is InChI=1S/C21H27NO3/c1-7-17-10-16(5)19(11-15(17)4)25-12-18-13(2)8-9-14(3)20(18)22-21(23)24-6/h8-11H,7,12H2,1-6H3,(H,22,23). The number of ether oxygens (including phenoxy) is 2. The molecule has 4 nitrogen and oxygen atoms in total. The van der Waals surface area contributed by atoms with E-state index in [1.807, 2.05) is 26.0 Å². The number of carbonyl (C=O) groups excluding carboxylic acids is 1. The molecule has 0 spiro atoms. The van der Waals surface area contributed by atoms with Crippen LogP contribution < -0.4 is 10.1 Å². The summed E-state index contributed by atoms with van der Waals surface area (Å²) in [5.74, 6) is 0.875. The molecule has 134 valence electrons. The van der Waals surface area contributed by atoms with Crippen molar-refractivity contribution in [3.05, 3.63) is 57.6 Å². The largest absolute Gasteiger partial charge is 0.489 e. The molecule has 0 heterocycles. The fraction of sp³-hybridized carbons (Fsp3) is 0.381. The average molecular weight is 341 g/mol. The molecule has 2 aromatic rings. The maximum absolute atomic E-state index is 11.7. The highest BCUT2D eigenvalue weighted by molar-refractivity contribution is 5.87. The lowest BCUT2D eigenvalue weighted by Gasteiger charge is -2.18. The summed E-state index contributed by atoms with van der Waals surface area (Å²) < 4.78 is 10.8. The topological polar surface area (TPSA) is 47.6 Å². The number of benzene rings is 2. The Kier molecular flexibility index (Phi) is 6.07. The second-order valence-corrected chi connectivity index (χ2v) is 6.36. The van der Waals surface area contributed by atoms with Crippen molar-refractivity contribution >= 4 is 11.8 Å². The molecular weight excluding hydrogens is 314 g/mol. The van der Waals surface area contributed by atoms with Crippen LogP contribution in [-0.4, -0.2) is 13.2 Å². The number of rotatable bonds is 5. The van der Waals surface area contributed by atoms with Gasteiger partial charge in [0.1, 0.15) is 12.4 Å². The second-order valence-electron chi connectivity index (χ2n) is 6.36. The summed E-state index contributed by atoms with van der Waals surface area (Å²) in [4.78, 5) is 11.7. The molecule has 0 atom stereocenters. The maximum Gasteiger partial charge on any atom is 0.411 e. The Balaban J connectivity index is 2.30. The fourth-order valence-electron chi connectivity index (χ4n) is 2.92. The van der Waals surface area contributed by atoms with Crippen molar-refractivity contribution < 1.29 is 14.3 Å². The summed E-state index contributed by atoms with van der Waals surface area (Å²) in [7, 11) is 1.36. The van der Waals surface area contributed by atoms with Crippen molar-refractivity contribution in [2.24, 2.45) is 0 Å². The number of amides is 1. The predicted molar refractivity (Wildman–Crippen MR) is 102 cm³/mol. The van der Waals surface area contributed by atoms with Gasteiger partial charge in [0.25, 0.3) is 0 Å². The van der Waals surface area contributed by atoms with Gasteiger partial charge in [-0.15, -0.1) is 0 Å². The third kappa shape index (κ3) is 4.32. The van der Waals surface area contributed by atoms with E-state index < -0.39 is 6.09 Å². The van der Waals surface area contributed by atoms with E-state index in [9.17, 15) is 4.79 Å². The molecule has 2 aromatic carbocycles. The van der Waals surface area contributed by atoms with Gasteiger partial charge in [-0.1, -0.05) is 25.1 Å². The number of anilines is 1. The summed E-state index contributed by atoms with van der Waals surface area (Å²) in [6.45, 7) is 10.7. The summed E-state index contributed by atoms with van der Waals surface area (Å²) in [5.41, 5.74) is 7.45. The van der Waals surface area contributed by atoms with Crippen LogP contribution in [-0.2, 0) is 17.8 Å². The van der Waals surface area contributed by atoms with Crippen molar-refractivity contribution in [2.45, 2.75) is 47.6 Å². The van der Waals surface area contributed by atoms with Crippen LogP contribution in [0.4, 0.5) is 10.5 Å². The van der Waals surface area contributed by atoms with E-state index in [-0.39, 0.29) is 0 Å². The fourth-order valence-corrected chi connectivity index (χ4v) is 2.92. The van der Waals surface area contributed by atoms with E-state index >= 15 is 0 Å². The first kappa shape index (κ1) is 18.8. The molecule has 0 fully saturated rings. The Hall–Kier alpha value is -2.49. The van der Waals surface area contributed by atoms with Crippen LogP contribution in [0.25, 0.3) is 0 Å². The SMILES string of the molecule is CCc1cc(C)c(OCc2c(C)ccc(C)c2NC(=O)OC)cc1C. The number of hydrogen-bond donors (Lipinski definition) is 1. The third-order valence-electron chi connectivity index (χ3n) is 4.55. The molecule has 2 rings (SSSR count). The highest BCUT2D eigenvalue weighted by atomic mass is 16.5. The quantitative estimate of drug-likeness (QED) is 0.809. The lowest BCUT2D eigenvalue weighted by atomic mass is 10.0. The molecule has 4 heteroatoms. The van der Waals surface area contributed by atoms with Gasteiger partial charge in [0, 0.05) is 5.56 Å². The minimum Gasteiger partial charge on any atom is -0.489 e. The van der Waals surface area contributed by atoms with E-state index in [1.54, 1.807) is 0 Å². The van der Waals surface area contributed by atoms with Crippen LogP contribution in [0.5, 0.6) is 5.75 Å². The zero-order valence-corrected chi connectivity index (χ0v) is 15.9. The van der Waals surface area contributed by atoms with Crippen molar-refractivity contribution in [3.8, 4) is 5.75 Å². The van der Waals surface area contributed by atoms with Crippen molar-refractivity contribution in [2.75, 3.05) is 12.4 Å². The van der Waals surface area contributed by atoms with E-state index in [4.69, 9.17) is 9.47 Å². The molecule has 0 aliphatic rings. The molecule has 0 aromatic heterocycles. The zero-order chi connectivity index (χ0) is 18.6. The molecule has 0 bridgehead atoms. The number of aryl methyl sites for hydroxylation is 5. The second kappa shape index (κ2) is 8.06. The van der Waals surface area contributed by atoms with E-state index in [0.29, 0.717) is 6.61 Å². The van der Waals surface area contributed by atoms with Gasteiger partial charge in [-0.3, -0.25) is 5.32 Å². The first-order valence-corrected chi connectivity index (χ1v) is 8.54. The van der Waals surface area contributed by atoms with Gasteiger partial charge in [-0.25, -0.2) is 4.79 Å². The molecule has 1 N–H and O–H groups in total. The van der Waals surface area contributed by atoms with Gasteiger partial charge in [0.05, 0.1) is 12.8 Å². The van der Waals surface area contributed by atoms with Gasteiger partial charge >= 0.3 is 6.09 Å². The number of methoxy groups -OCH3 is 1. The molecule has 1 amide bonds. The van der Waals surface area contributed by atoms with Gasteiger partial charge in [-0.05, 0) is 68.0 Å². The number of carbonyl (C=O) groups is 1. The predicted octanol–water partition coefficient (Wildman–Crippen LogP) is 5.24. The van der Waals surface area contributed by atoms with E-state index in [0.717, 1.165) is 40.1 Å². The first-order chi connectivity index (χ1) is 11.9. The number of nitrogens with one attached hydrogen (secondary N) is 1. The van der Waals surface area contributed by atoms with E-state index in [1.165, 1.54) is 18.2 Å². The molecule has 0 aliphatic heterocycles. The minimum atomic E-state index is -0.478. The maximum atomic E-state index is 11.7. The van der Waals surface area contributed by atoms with Crippen LogP contribution in [0.1, 0.15) is 40.3 Å². The Morgan fingerprint density at radius 1 is 1.00 bits per heavy atom. The lowest BCUT2D eigenvalue weighted by Crippen LogP contribution is -2.15. The summed E-state index contributed by atoms with van der Waals surface area (Å²) in [5, 5.41) is 2.81. The van der Waals surface area contributed by atoms with Gasteiger partial charge in [-0.2, -0.15) is 0 Å².